The minimum atomic E-state index is -0.175. The van der Waals surface area contributed by atoms with Crippen molar-refractivity contribution in [3.63, 3.8) is 0 Å². The molecule has 0 spiro atoms. The van der Waals surface area contributed by atoms with Crippen molar-refractivity contribution < 1.29 is 0 Å². The number of pyridine rings is 1. The zero-order valence-corrected chi connectivity index (χ0v) is 9.27. The molecule has 3 aromatic rings. The lowest BCUT2D eigenvalue weighted by Crippen LogP contribution is -2.02. The number of H-pyrrole nitrogens is 2. The second-order valence-electron chi connectivity index (χ2n) is 3.87. The smallest absolute Gasteiger partial charge is 0.248 e. The van der Waals surface area contributed by atoms with Gasteiger partial charge in [-0.2, -0.15) is 5.26 Å². The van der Waals surface area contributed by atoms with Crippen molar-refractivity contribution in [3.8, 4) is 17.5 Å². The van der Waals surface area contributed by atoms with Crippen molar-refractivity contribution in [2.75, 3.05) is 0 Å². The largest absolute Gasteiger partial charge is 0.338 e. The fraction of sp³-hybridized carbons (Fsp3) is 0. The Bertz CT molecular complexity index is 823. The Hall–Kier alpha value is -2.87. The molecule has 2 N–H and O–H groups in total. The monoisotopic (exact) mass is 236 g/mol. The van der Waals surface area contributed by atoms with Gasteiger partial charge < -0.3 is 9.97 Å². The summed E-state index contributed by atoms with van der Waals surface area (Å²) in [5.41, 5.74) is 2.66. The first-order valence-corrected chi connectivity index (χ1v) is 5.35. The average molecular weight is 236 g/mol. The quantitative estimate of drug-likeness (QED) is 0.675. The van der Waals surface area contributed by atoms with Crippen LogP contribution in [0.2, 0.25) is 0 Å². The molecule has 2 heterocycles. The zero-order chi connectivity index (χ0) is 12.5. The van der Waals surface area contributed by atoms with Crippen LogP contribution in [0.1, 0.15) is 5.56 Å². The minimum absolute atomic E-state index is 0.175. The molecular formula is C13H8N4O. The highest BCUT2D eigenvalue weighted by molar-refractivity contribution is 5.80. The van der Waals surface area contributed by atoms with Gasteiger partial charge in [-0.15, -0.1) is 0 Å². The highest BCUT2D eigenvalue weighted by Crippen LogP contribution is 2.19. The van der Waals surface area contributed by atoms with E-state index >= 15 is 0 Å². The standard InChI is InChI=1S/C13H8N4O/c14-7-8-1-2-10-11(5-8)17-13(16-10)9-3-4-15-12(18)6-9/h1-6H,(H,15,18)(H,16,17). The average Bonchev–Trinajstić information content (AvgIpc) is 2.81. The lowest BCUT2D eigenvalue weighted by molar-refractivity contribution is 1.22. The first-order chi connectivity index (χ1) is 8.76. The predicted octanol–water partition coefficient (Wildman–Crippen LogP) is 1.79. The molecule has 18 heavy (non-hydrogen) atoms. The molecule has 86 valence electrons. The van der Waals surface area contributed by atoms with Crippen molar-refractivity contribution >= 4 is 11.0 Å². The molecule has 0 saturated heterocycles. The van der Waals surface area contributed by atoms with Crippen molar-refractivity contribution in [2.24, 2.45) is 0 Å². The van der Waals surface area contributed by atoms with Crippen LogP contribution >= 0.6 is 0 Å². The molecule has 0 aliphatic rings. The molecule has 0 radical (unpaired) electrons. The fourth-order valence-corrected chi connectivity index (χ4v) is 1.81. The molecule has 0 saturated carbocycles. The summed E-state index contributed by atoms with van der Waals surface area (Å²) in [7, 11) is 0. The molecule has 5 heteroatoms. The van der Waals surface area contributed by atoms with E-state index in [-0.39, 0.29) is 5.56 Å². The Balaban J connectivity index is 2.20. The zero-order valence-electron chi connectivity index (χ0n) is 9.27. The van der Waals surface area contributed by atoms with Crippen LogP contribution in [0.4, 0.5) is 0 Å². The number of benzene rings is 1. The summed E-state index contributed by atoms with van der Waals surface area (Å²) in [6.45, 7) is 0. The summed E-state index contributed by atoms with van der Waals surface area (Å²) >= 11 is 0. The minimum Gasteiger partial charge on any atom is -0.338 e. The SMILES string of the molecule is N#Cc1ccc2nc(-c3cc[nH]c(=O)c3)[nH]c2c1. The van der Waals surface area contributed by atoms with E-state index in [0.717, 1.165) is 11.0 Å². The van der Waals surface area contributed by atoms with E-state index < -0.39 is 0 Å². The van der Waals surface area contributed by atoms with Gasteiger partial charge in [-0.3, -0.25) is 4.79 Å². The van der Waals surface area contributed by atoms with Crippen LogP contribution in [0.25, 0.3) is 22.4 Å². The number of rotatable bonds is 1. The van der Waals surface area contributed by atoms with E-state index in [9.17, 15) is 4.79 Å². The van der Waals surface area contributed by atoms with E-state index in [1.807, 2.05) is 0 Å². The Labute approximate surface area is 102 Å². The third-order valence-corrected chi connectivity index (χ3v) is 2.66. The van der Waals surface area contributed by atoms with Gasteiger partial charge in [0, 0.05) is 17.8 Å². The Morgan fingerprint density at radius 2 is 2.11 bits per heavy atom. The summed E-state index contributed by atoms with van der Waals surface area (Å²) in [6.07, 6.45) is 1.57. The van der Waals surface area contributed by atoms with Gasteiger partial charge in [0.2, 0.25) is 5.56 Å². The van der Waals surface area contributed by atoms with Crippen LogP contribution in [-0.4, -0.2) is 15.0 Å². The summed E-state index contributed by atoms with van der Waals surface area (Å²) < 4.78 is 0. The summed E-state index contributed by atoms with van der Waals surface area (Å²) in [5.74, 6) is 0.617. The normalized spacial score (nSPS) is 10.4. The molecule has 0 aliphatic carbocycles. The number of hydrogen-bond acceptors (Lipinski definition) is 3. The molecular weight excluding hydrogens is 228 g/mol. The van der Waals surface area contributed by atoms with Crippen molar-refractivity contribution in [1.82, 2.24) is 15.0 Å². The molecule has 0 unspecified atom stereocenters. The van der Waals surface area contributed by atoms with E-state index in [0.29, 0.717) is 17.0 Å². The lowest BCUT2D eigenvalue weighted by atomic mass is 10.2. The Morgan fingerprint density at radius 3 is 2.89 bits per heavy atom. The number of aromatic amines is 2. The van der Waals surface area contributed by atoms with Crippen LogP contribution < -0.4 is 5.56 Å². The summed E-state index contributed by atoms with van der Waals surface area (Å²) in [5, 5.41) is 8.83. The van der Waals surface area contributed by atoms with Crippen LogP contribution in [0.15, 0.2) is 41.3 Å². The lowest BCUT2D eigenvalue weighted by Gasteiger charge is -1.93. The molecule has 0 bridgehead atoms. The number of nitriles is 1. The van der Waals surface area contributed by atoms with Crippen molar-refractivity contribution in [2.45, 2.75) is 0 Å². The molecule has 0 fully saturated rings. The maximum absolute atomic E-state index is 11.2. The first kappa shape index (κ1) is 10.3. The highest BCUT2D eigenvalue weighted by Gasteiger charge is 2.06. The fourth-order valence-electron chi connectivity index (χ4n) is 1.81. The highest BCUT2D eigenvalue weighted by atomic mass is 16.1. The maximum atomic E-state index is 11.2. The van der Waals surface area contributed by atoms with E-state index in [4.69, 9.17) is 5.26 Å². The predicted molar refractivity (Wildman–Crippen MR) is 66.9 cm³/mol. The maximum Gasteiger partial charge on any atom is 0.248 e. The van der Waals surface area contributed by atoms with Gasteiger partial charge in [-0.05, 0) is 24.3 Å². The van der Waals surface area contributed by atoms with Gasteiger partial charge in [-0.1, -0.05) is 0 Å². The second kappa shape index (κ2) is 3.86. The van der Waals surface area contributed by atoms with E-state index in [1.165, 1.54) is 6.07 Å². The Morgan fingerprint density at radius 1 is 1.22 bits per heavy atom. The molecule has 5 nitrogen and oxygen atoms in total. The van der Waals surface area contributed by atoms with Gasteiger partial charge in [-0.25, -0.2) is 4.98 Å². The van der Waals surface area contributed by atoms with Crippen LogP contribution in [0.3, 0.4) is 0 Å². The van der Waals surface area contributed by atoms with Gasteiger partial charge in [0.15, 0.2) is 0 Å². The number of imidazole rings is 1. The molecule has 1 aromatic carbocycles. The topological polar surface area (TPSA) is 85.3 Å². The van der Waals surface area contributed by atoms with E-state index in [1.54, 1.807) is 30.5 Å². The third-order valence-electron chi connectivity index (χ3n) is 2.66. The molecule has 2 aromatic heterocycles. The first-order valence-electron chi connectivity index (χ1n) is 5.35. The van der Waals surface area contributed by atoms with Gasteiger partial charge in [0.25, 0.3) is 0 Å². The van der Waals surface area contributed by atoms with Crippen molar-refractivity contribution in [3.05, 3.63) is 52.4 Å². The number of hydrogen-bond donors (Lipinski definition) is 2. The van der Waals surface area contributed by atoms with Crippen LogP contribution in [0, 0.1) is 11.3 Å². The second-order valence-corrected chi connectivity index (χ2v) is 3.87. The number of nitrogens with one attached hydrogen (secondary N) is 2. The Kier molecular flexibility index (Phi) is 2.21. The summed E-state index contributed by atoms with van der Waals surface area (Å²) in [4.78, 5) is 21.3. The molecule has 3 rings (SSSR count). The van der Waals surface area contributed by atoms with Gasteiger partial charge in [0.05, 0.1) is 22.7 Å². The van der Waals surface area contributed by atoms with Gasteiger partial charge >= 0.3 is 0 Å². The van der Waals surface area contributed by atoms with Gasteiger partial charge in [0.1, 0.15) is 5.82 Å². The molecule has 0 atom stereocenters. The van der Waals surface area contributed by atoms with Crippen molar-refractivity contribution in [1.29, 1.82) is 5.26 Å². The summed E-state index contributed by atoms with van der Waals surface area (Å²) in [6, 6.07) is 10.5. The number of aromatic nitrogens is 3. The molecule has 0 aliphatic heterocycles. The number of nitrogens with zero attached hydrogens (tertiary/aromatic N) is 2. The third kappa shape index (κ3) is 1.66. The van der Waals surface area contributed by atoms with Crippen LogP contribution in [0.5, 0.6) is 0 Å². The van der Waals surface area contributed by atoms with E-state index in [2.05, 4.69) is 21.0 Å². The number of fused-ring (bicyclic) bond motifs is 1. The molecule has 0 amide bonds. The van der Waals surface area contributed by atoms with Crippen LogP contribution in [-0.2, 0) is 0 Å².